The van der Waals surface area contributed by atoms with Crippen LogP contribution in [0.4, 0.5) is 0 Å². The van der Waals surface area contributed by atoms with E-state index in [2.05, 4.69) is 21.3 Å². The molecule has 4 amide bonds. The molecule has 32 atom stereocenters. The first kappa shape index (κ1) is 75.7. The molecule has 6 heterocycles. The molecular weight excluding hydrogens is 1250 g/mol. The Morgan fingerprint density at radius 2 is 0.813 bits per heavy atom. The molecule has 0 saturated carbocycles. The molecule has 91 heavy (non-hydrogen) atoms. The summed E-state index contributed by atoms with van der Waals surface area (Å²) in [5.74, 6) is -14.2. The fraction of sp³-hybridized carbons (Fsp3) is 0.880. The van der Waals surface area contributed by atoms with E-state index in [0.29, 0.717) is 0 Å². The number of hydrogen-bond acceptors (Lipinski definition) is 35. The lowest BCUT2D eigenvalue weighted by atomic mass is 9.88. The zero-order valence-corrected chi connectivity index (χ0v) is 48.9. The summed E-state index contributed by atoms with van der Waals surface area (Å²) in [5.41, 5.74) is 0. The van der Waals surface area contributed by atoms with Crippen molar-refractivity contribution in [1.82, 2.24) is 21.3 Å². The number of ether oxygens (including phenoxy) is 11. The van der Waals surface area contributed by atoms with Crippen molar-refractivity contribution < 1.29 is 183 Å². The molecule has 0 spiro atoms. The first-order valence-electron chi connectivity index (χ1n) is 28.3. The van der Waals surface area contributed by atoms with Gasteiger partial charge < -0.3 is 176 Å². The summed E-state index contributed by atoms with van der Waals surface area (Å²) >= 11 is 0. The summed E-state index contributed by atoms with van der Waals surface area (Å²) in [6.07, 6.45) is -58.0. The molecule has 0 aromatic carbocycles. The van der Waals surface area contributed by atoms with Gasteiger partial charge in [-0.1, -0.05) is 0 Å². The lowest BCUT2D eigenvalue weighted by molar-refractivity contribution is -0.385. The summed E-state index contributed by atoms with van der Waals surface area (Å²) < 4.78 is 63.0. The first-order chi connectivity index (χ1) is 42.6. The summed E-state index contributed by atoms with van der Waals surface area (Å²) in [5, 5.41) is 227. The average Bonchev–Trinajstić information content (AvgIpc) is 0.778. The van der Waals surface area contributed by atoms with Crippen LogP contribution in [-0.2, 0) is 80.9 Å². The lowest BCUT2D eigenvalue weighted by Crippen LogP contribution is -2.71. The molecule has 0 unspecified atom stereocenters. The van der Waals surface area contributed by atoms with E-state index in [4.69, 9.17) is 52.1 Å². The van der Waals surface area contributed by atoms with Gasteiger partial charge in [-0.2, -0.15) is 0 Å². The van der Waals surface area contributed by atoms with Crippen LogP contribution in [0, 0.1) is 0 Å². The van der Waals surface area contributed by atoms with Gasteiger partial charge in [0.25, 0.3) is 11.6 Å². The largest absolute Gasteiger partial charge is 0.477 e. The van der Waals surface area contributed by atoms with Crippen molar-refractivity contribution >= 4 is 35.6 Å². The number of aliphatic hydroxyl groups is 18. The van der Waals surface area contributed by atoms with Crippen LogP contribution in [0.3, 0.4) is 0 Å². The summed E-state index contributed by atoms with van der Waals surface area (Å²) in [6, 6.07) is -7.07. The molecule has 6 aliphatic heterocycles. The number of carbonyl (C=O) groups is 6. The fourth-order valence-electron chi connectivity index (χ4n) is 11.4. The molecule has 0 radical (unpaired) electrons. The first-order valence-corrected chi connectivity index (χ1v) is 28.3. The van der Waals surface area contributed by atoms with Crippen molar-refractivity contribution in [3.63, 3.8) is 0 Å². The smallest absolute Gasteiger partial charge is 0.364 e. The van der Waals surface area contributed by atoms with Crippen LogP contribution in [0.25, 0.3) is 0 Å². The minimum Gasteiger partial charge on any atom is -0.477 e. The van der Waals surface area contributed by atoms with Crippen molar-refractivity contribution in [3.05, 3.63) is 0 Å². The van der Waals surface area contributed by atoms with Gasteiger partial charge in [-0.05, 0) is 0 Å². The molecule has 0 bridgehead atoms. The predicted molar refractivity (Wildman–Crippen MR) is 280 cm³/mol. The number of aliphatic carboxylic acids is 2. The molecule has 0 aromatic rings. The Kier molecular flexibility index (Phi) is 26.6. The second kappa shape index (κ2) is 31.9. The van der Waals surface area contributed by atoms with E-state index in [9.17, 15) is 131 Å². The Morgan fingerprint density at radius 3 is 1.19 bits per heavy atom. The number of aliphatic hydroxyl groups excluding tert-OH is 18. The van der Waals surface area contributed by atoms with Gasteiger partial charge in [0.15, 0.2) is 25.2 Å². The maximum atomic E-state index is 13.1. The Bertz CT molecular complexity index is 2450. The van der Waals surface area contributed by atoms with Crippen molar-refractivity contribution in [2.75, 3.05) is 39.6 Å². The molecule has 41 nitrogen and oxygen atoms in total. The number of carbonyl (C=O) groups excluding carboxylic acids is 4. The normalized spacial score (nSPS) is 43.5. The Hall–Kier alpha value is -4.34. The molecular formula is C50H82N4O37. The molecule has 524 valence electrons. The zero-order valence-electron chi connectivity index (χ0n) is 48.9. The number of carboxylic acids is 2. The van der Waals surface area contributed by atoms with Gasteiger partial charge in [-0.15, -0.1) is 0 Å². The van der Waals surface area contributed by atoms with Crippen molar-refractivity contribution in [1.29, 1.82) is 0 Å². The highest BCUT2D eigenvalue weighted by Gasteiger charge is 2.63. The van der Waals surface area contributed by atoms with Crippen LogP contribution in [0.5, 0.6) is 0 Å². The van der Waals surface area contributed by atoms with E-state index >= 15 is 0 Å². The molecule has 6 aliphatic rings. The minimum atomic E-state index is -3.24. The van der Waals surface area contributed by atoms with E-state index in [0.717, 1.165) is 27.7 Å². The Morgan fingerprint density at radius 1 is 0.451 bits per heavy atom. The second-order valence-electron chi connectivity index (χ2n) is 22.6. The van der Waals surface area contributed by atoms with Crippen LogP contribution in [0.1, 0.15) is 40.5 Å². The molecule has 6 rings (SSSR count). The minimum absolute atomic E-state index is 0.840. The third kappa shape index (κ3) is 16.8. The molecule has 24 N–H and O–H groups in total. The number of carboxylic acid groups (broad SMARTS) is 2. The number of hydrogen-bond donors (Lipinski definition) is 24. The third-order valence-corrected chi connectivity index (χ3v) is 16.0. The van der Waals surface area contributed by atoms with E-state index in [1.807, 2.05) is 0 Å². The Balaban J connectivity index is 1.23. The zero-order chi connectivity index (χ0) is 68.0. The van der Waals surface area contributed by atoms with Gasteiger partial charge in [-0.25, -0.2) is 9.59 Å². The number of amides is 4. The highest BCUT2D eigenvalue weighted by Crippen LogP contribution is 2.41. The molecule has 6 saturated heterocycles. The van der Waals surface area contributed by atoms with Gasteiger partial charge in [0.05, 0.1) is 63.9 Å². The number of nitrogens with one attached hydrogen (secondary N) is 4. The summed E-state index contributed by atoms with van der Waals surface area (Å²) in [6.45, 7) is -2.91. The number of rotatable bonds is 26. The van der Waals surface area contributed by atoms with Crippen LogP contribution in [-0.4, -0.2) is 373 Å². The molecule has 41 heteroatoms. The molecule has 0 aromatic heterocycles. The van der Waals surface area contributed by atoms with Gasteiger partial charge >= 0.3 is 11.9 Å². The maximum absolute atomic E-state index is 13.1. The van der Waals surface area contributed by atoms with Gasteiger partial charge in [0.1, 0.15) is 134 Å². The Labute approximate surface area is 514 Å². The van der Waals surface area contributed by atoms with Crippen LogP contribution < -0.4 is 21.3 Å². The highest BCUT2D eigenvalue weighted by molar-refractivity contribution is 5.78. The summed E-state index contributed by atoms with van der Waals surface area (Å²) in [4.78, 5) is 75.5. The van der Waals surface area contributed by atoms with Crippen molar-refractivity contribution in [3.8, 4) is 0 Å². The monoisotopic (exact) mass is 1330 g/mol. The van der Waals surface area contributed by atoms with E-state index in [-0.39, 0.29) is 0 Å². The van der Waals surface area contributed by atoms with Crippen molar-refractivity contribution in [2.24, 2.45) is 0 Å². The quantitative estimate of drug-likeness (QED) is 0.0382. The third-order valence-electron chi connectivity index (χ3n) is 16.0. The van der Waals surface area contributed by atoms with Crippen molar-refractivity contribution in [2.45, 2.75) is 236 Å². The van der Waals surface area contributed by atoms with E-state index < -0.39 is 283 Å². The molecule has 0 aliphatic carbocycles. The second-order valence-corrected chi connectivity index (χ2v) is 22.6. The van der Waals surface area contributed by atoms with Crippen LogP contribution in [0.15, 0.2) is 0 Å². The van der Waals surface area contributed by atoms with Gasteiger partial charge in [-0.3, -0.25) is 19.2 Å². The maximum Gasteiger partial charge on any atom is 0.364 e. The lowest BCUT2D eigenvalue weighted by Gasteiger charge is -2.51. The van der Waals surface area contributed by atoms with Crippen LogP contribution in [0.2, 0.25) is 0 Å². The molecule has 6 fully saturated rings. The average molecular weight is 1330 g/mol. The van der Waals surface area contributed by atoms with E-state index in [1.165, 1.54) is 0 Å². The topological polar surface area (TPSA) is 657 Å². The van der Waals surface area contributed by atoms with Gasteiger partial charge in [0, 0.05) is 40.5 Å². The SMILES string of the molecule is CC(=O)N[C@@H]1[C@@H](O[C@@H]2O[C@H](CO)[C@H](O)[C@H](O[C@]3(C(=O)O)C[C@H](O)[C@@H](NC(C)=O)[C@H]([C@H](O)[C@H](O)CO)O3)[C@H]2O)[C@@H](O)[C@@H](CO[C@@H]2O[C@H](CO)[C@@H](O[C@@H]3O[C@H](CO)[C@H](O)[C@H](O[C@]4(C(=O)O)C[C@H](O)[C@@H](NC(C)=O)[C@H]([C@H](O)[C@H](O)CO)O4)[C@H]3O)[C@H](O)[C@H]2NC(C)=O)O[C@H]1O. The standard InChI is InChI=1S/C50H82N4O37/c1-13(60)51-25-17(64)5-49(47(77)78,88-39(25)29(68)19(66)7-55)90-41-31(70)21(9-57)83-45(35(41)74)86-37-23(11-59)85-44(27(34(37)73)53-15(3)62)81-12-24-33(72)38(28(43(76)82-24)54-16(4)63)87-46-36(75)42(32(71)22(10-58)84-46)91-50(48(79)80)6-18(65)26(52-14(2)61)40(89-50)30(69)20(67)8-56/h17-46,55-59,64-76H,5-12H2,1-4H3,(H,51,60)(H,52,61)(H,53,62)(H,54,63)(H,77,78)(H,79,80)/t17-,18-,19+,20+,21+,22+,23+,24+,25+,26+,27+,28+,29+,30+,31-,32-,33-,34+,35+,36+,37+,38+,39+,40+,41-,42-,43+,44+,45-,46-,49-,50-/m0/s1. The predicted octanol–water partition coefficient (Wildman–Crippen LogP) is -15.1. The van der Waals surface area contributed by atoms with Crippen LogP contribution >= 0.6 is 0 Å². The summed E-state index contributed by atoms with van der Waals surface area (Å²) in [7, 11) is 0. The fourth-order valence-corrected chi connectivity index (χ4v) is 11.4. The van der Waals surface area contributed by atoms with E-state index in [1.54, 1.807) is 0 Å². The van der Waals surface area contributed by atoms with Gasteiger partial charge in [0.2, 0.25) is 23.6 Å². The highest BCUT2D eigenvalue weighted by atomic mass is 16.8.